The zero-order chi connectivity index (χ0) is 22.4. The fourth-order valence-electron chi connectivity index (χ4n) is 3.71. The number of amides is 3. The quantitative estimate of drug-likeness (QED) is 0.322. The predicted molar refractivity (Wildman–Crippen MR) is 114 cm³/mol. The number of carbonyl (C=O) groups excluding carboxylic acids is 2. The number of nitrogens with one attached hydrogen (secondary N) is 2. The number of benzene rings is 2. The van der Waals surface area contributed by atoms with Crippen LogP contribution in [0.2, 0.25) is 0 Å². The molecule has 1 fully saturated rings. The van der Waals surface area contributed by atoms with Gasteiger partial charge in [0.25, 0.3) is 0 Å². The number of nitrogens with zero attached hydrogens (tertiary/aromatic N) is 2. The van der Waals surface area contributed by atoms with Crippen LogP contribution >= 0.6 is 0 Å². The SMILES string of the molecule is CC(=NO)c1cccc(NC(=O)NCC(=O)N2C(C(=O)O)CCC2c2ccccc2)c1. The lowest BCUT2D eigenvalue weighted by atomic mass is 10.0. The van der Waals surface area contributed by atoms with E-state index in [4.69, 9.17) is 5.21 Å². The first kappa shape index (κ1) is 21.8. The van der Waals surface area contributed by atoms with Gasteiger partial charge < -0.3 is 25.8 Å². The van der Waals surface area contributed by atoms with E-state index in [0.29, 0.717) is 29.8 Å². The maximum Gasteiger partial charge on any atom is 0.326 e. The van der Waals surface area contributed by atoms with Crippen molar-refractivity contribution in [2.75, 3.05) is 11.9 Å². The molecular weight excluding hydrogens is 400 g/mol. The van der Waals surface area contributed by atoms with Crippen molar-refractivity contribution in [1.29, 1.82) is 0 Å². The summed E-state index contributed by atoms with van der Waals surface area (Å²) in [5.41, 5.74) is 2.34. The summed E-state index contributed by atoms with van der Waals surface area (Å²) in [5, 5.41) is 26.6. The van der Waals surface area contributed by atoms with E-state index in [1.54, 1.807) is 31.2 Å². The summed E-state index contributed by atoms with van der Waals surface area (Å²) in [5.74, 6) is -1.53. The summed E-state index contributed by atoms with van der Waals surface area (Å²) in [7, 11) is 0. The van der Waals surface area contributed by atoms with Gasteiger partial charge in [0.15, 0.2) is 0 Å². The minimum atomic E-state index is -1.06. The van der Waals surface area contributed by atoms with E-state index in [9.17, 15) is 19.5 Å². The highest BCUT2D eigenvalue weighted by Crippen LogP contribution is 2.36. The van der Waals surface area contributed by atoms with Crippen LogP contribution in [0, 0.1) is 0 Å². The summed E-state index contributed by atoms with van der Waals surface area (Å²) in [6, 6.07) is 14.1. The molecule has 1 saturated heterocycles. The summed E-state index contributed by atoms with van der Waals surface area (Å²) in [6.07, 6.45) is 0.892. The number of hydrogen-bond acceptors (Lipinski definition) is 5. The molecule has 0 radical (unpaired) electrons. The third-order valence-electron chi connectivity index (χ3n) is 5.23. The first-order valence-corrected chi connectivity index (χ1v) is 9.83. The van der Waals surface area contributed by atoms with Gasteiger partial charge in [-0.25, -0.2) is 9.59 Å². The molecule has 0 saturated carbocycles. The van der Waals surface area contributed by atoms with E-state index in [0.717, 1.165) is 5.56 Å². The smallest absolute Gasteiger partial charge is 0.326 e. The summed E-state index contributed by atoms with van der Waals surface area (Å²) < 4.78 is 0. The Balaban J connectivity index is 1.65. The molecule has 2 aromatic rings. The van der Waals surface area contributed by atoms with Gasteiger partial charge in [-0.15, -0.1) is 0 Å². The second-order valence-electron chi connectivity index (χ2n) is 7.23. The van der Waals surface area contributed by atoms with Gasteiger partial charge in [0, 0.05) is 11.3 Å². The van der Waals surface area contributed by atoms with E-state index in [1.165, 1.54) is 4.90 Å². The highest BCUT2D eigenvalue weighted by molar-refractivity contribution is 6.00. The van der Waals surface area contributed by atoms with Crippen LogP contribution in [0.3, 0.4) is 0 Å². The van der Waals surface area contributed by atoms with Crippen LogP contribution in [-0.2, 0) is 9.59 Å². The molecule has 9 nitrogen and oxygen atoms in total. The maximum atomic E-state index is 12.9. The van der Waals surface area contributed by atoms with Gasteiger partial charge in [0.1, 0.15) is 6.04 Å². The molecule has 0 spiro atoms. The van der Waals surface area contributed by atoms with Gasteiger partial charge in [-0.2, -0.15) is 0 Å². The molecule has 2 atom stereocenters. The molecule has 0 aromatic heterocycles. The van der Waals surface area contributed by atoms with Crippen LogP contribution in [0.15, 0.2) is 59.8 Å². The number of rotatable bonds is 6. The average molecular weight is 424 g/mol. The first-order valence-electron chi connectivity index (χ1n) is 9.83. The second-order valence-corrected chi connectivity index (χ2v) is 7.23. The van der Waals surface area contributed by atoms with Crippen molar-refractivity contribution >= 4 is 29.3 Å². The lowest BCUT2D eigenvalue weighted by Gasteiger charge is -2.28. The van der Waals surface area contributed by atoms with Gasteiger partial charge >= 0.3 is 12.0 Å². The molecule has 3 rings (SSSR count). The van der Waals surface area contributed by atoms with Crippen LogP contribution in [0.4, 0.5) is 10.5 Å². The number of carboxylic acid groups (broad SMARTS) is 1. The van der Waals surface area contributed by atoms with Crippen molar-refractivity contribution in [2.45, 2.75) is 31.8 Å². The standard InChI is InChI=1S/C22H24N4O5/c1-14(25-31)16-8-5-9-17(12-16)24-22(30)23-13-20(27)26-18(10-11-19(26)21(28)29)15-6-3-2-4-7-15/h2-9,12,18-19,31H,10-11,13H2,1H3,(H,28,29)(H2,23,24,30). The van der Waals surface area contributed by atoms with E-state index in [1.807, 2.05) is 30.3 Å². The maximum absolute atomic E-state index is 12.9. The summed E-state index contributed by atoms with van der Waals surface area (Å²) in [6.45, 7) is 1.28. The van der Waals surface area contributed by atoms with Gasteiger partial charge in [0.2, 0.25) is 5.91 Å². The van der Waals surface area contributed by atoms with E-state index < -0.39 is 23.9 Å². The molecule has 2 aromatic carbocycles. The van der Waals surface area contributed by atoms with Crippen LogP contribution in [0.1, 0.15) is 36.9 Å². The molecule has 1 aliphatic rings. The molecule has 162 valence electrons. The Morgan fingerprint density at radius 1 is 1.10 bits per heavy atom. The topological polar surface area (TPSA) is 131 Å². The minimum absolute atomic E-state index is 0.338. The number of carbonyl (C=O) groups is 3. The zero-order valence-corrected chi connectivity index (χ0v) is 17.0. The Bertz CT molecular complexity index is 992. The fraction of sp³-hybridized carbons (Fsp3) is 0.273. The lowest BCUT2D eigenvalue weighted by Crippen LogP contribution is -2.47. The van der Waals surface area contributed by atoms with Crippen molar-refractivity contribution in [1.82, 2.24) is 10.2 Å². The third kappa shape index (κ3) is 5.19. The lowest BCUT2D eigenvalue weighted by molar-refractivity contribution is -0.149. The molecule has 1 heterocycles. The Hall–Kier alpha value is -3.88. The second kappa shape index (κ2) is 9.75. The van der Waals surface area contributed by atoms with Gasteiger partial charge in [-0.05, 0) is 37.5 Å². The van der Waals surface area contributed by atoms with Crippen molar-refractivity contribution in [3.63, 3.8) is 0 Å². The molecule has 0 bridgehead atoms. The van der Waals surface area contributed by atoms with Crippen molar-refractivity contribution < 1.29 is 24.7 Å². The molecule has 3 amide bonds. The van der Waals surface area contributed by atoms with Crippen molar-refractivity contribution in [3.8, 4) is 0 Å². The summed E-state index contributed by atoms with van der Waals surface area (Å²) >= 11 is 0. The molecule has 0 aliphatic carbocycles. The average Bonchev–Trinajstić information content (AvgIpc) is 3.23. The molecular formula is C22H24N4O5. The van der Waals surface area contributed by atoms with Gasteiger partial charge in [0.05, 0.1) is 18.3 Å². The number of aliphatic carboxylic acids is 1. The molecule has 4 N–H and O–H groups in total. The van der Waals surface area contributed by atoms with E-state index in [-0.39, 0.29) is 12.6 Å². The fourth-order valence-corrected chi connectivity index (χ4v) is 3.71. The van der Waals surface area contributed by atoms with Gasteiger partial charge in [-0.3, -0.25) is 4.79 Å². The number of carboxylic acids is 1. The summed E-state index contributed by atoms with van der Waals surface area (Å²) in [4.78, 5) is 38.1. The number of hydrogen-bond donors (Lipinski definition) is 4. The van der Waals surface area contributed by atoms with Crippen LogP contribution in [0.25, 0.3) is 0 Å². The number of likely N-dealkylation sites (tertiary alicyclic amines) is 1. The normalized spacial score (nSPS) is 18.5. The van der Waals surface area contributed by atoms with Crippen LogP contribution in [0.5, 0.6) is 0 Å². The first-order chi connectivity index (χ1) is 14.9. The molecule has 31 heavy (non-hydrogen) atoms. The Morgan fingerprint density at radius 2 is 1.84 bits per heavy atom. The highest BCUT2D eigenvalue weighted by atomic mass is 16.4. The van der Waals surface area contributed by atoms with Crippen LogP contribution < -0.4 is 10.6 Å². The number of anilines is 1. The van der Waals surface area contributed by atoms with E-state index >= 15 is 0 Å². The minimum Gasteiger partial charge on any atom is -0.480 e. The van der Waals surface area contributed by atoms with E-state index in [2.05, 4.69) is 15.8 Å². The monoisotopic (exact) mass is 424 g/mol. The zero-order valence-electron chi connectivity index (χ0n) is 17.0. The highest BCUT2D eigenvalue weighted by Gasteiger charge is 2.41. The molecule has 9 heteroatoms. The number of urea groups is 1. The molecule has 1 aliphatic heterocycles. The Kier molecular flexibility index (Phi) is 6.86. The predicted octanol–water partition coefficient (Wildman–Crippen LogP) is 2.82. The Labute approximate surface area is 179 Å². The van der Waals surface area contributed by atoms with Gasteiger partial charge in [-0.1, -0.05) is 47.6 Å². The Morgan fingerprint density at radius 3 is 2.52 bits per heavy atom. The number of oxime groups is 1. The van der Waals surface area contributed by atoms with Crippen LogP contribution in [-0.4, -0.2) is 51.4 Å². The molecule has 2 unspecified atom stereocenters. The third-order valence-corrected chi connectivity index (χ3v) is 5.23. The van der Waals surface area contributed by atoms with Crippen molar-refractivity contribution in [3.05, 3.63) is 65.7 Å². The largest absolute Gasteiger partial charge is 0.480 e. The van der Waals surface area contributed by atoms with Crippen molar-refractivity contribution in [2.24, 2.45) is 5.16 Å².